The molecule has 2 aromatic carbocycles. The molecule has 2 heterocycles. The summed E-state index contributed by atoms with van der Waals surface area (Å²) in [4.78, 5) is 16.2. The monoisotopic (exact) mass is 372 g/mol. The van der Waals surface area contributed by atoms with E-state index in [0.29, 0.717) is 22.0 Å². The van der Waals surface area contributed by atoms with Crippen molar-refractivity contribution in [1.29, 1.82) is 0 Å². The topological polar surface area (TPSA) is 87.0 Å². The largest absolute Gasteiger partial charge is 0.437 e. The molecule has 0 amide bonds. The van der Waals surface area contributed by atoms with Gasteiger partial charge in [0.05, 0.1) is 0 Å². The van der Waals surface area contributed by atoms with Crippen LogP contribution in [0, 0.1) is 5.82 Å². The number of rotatable bonds is 4. The Morgan fingerprint density at radius 1 is 1.12 bits per heavy atom. The standard InChI is InChI=1S/C17H10ClFN4O3/c18-12-3-1-2-11(8-12)15-20-14(26-22-15)9-23-17(24)25-16(21-23)10-4-6-13(19)7-5-10/h1-8H,9H2. The molecule has 7 nitrogen and oxygen atoms in total. The molecule has 0 unspecified atom stereocenters. The third-order valence-corrected chi connectivity index (χ3v) is 3.77. The Labute approximate surface area is 150 Å². The van der Waals surface area contributed by atoms with Crippen LogP contribution >= 0.6 is 11.6 Å². The first-order valence-corrected chi connectivity index (χ1v) is 7.89. The molecule has 0 atom stereocenters. The van der Waals surface area contributed by atoms with Crippen molar-refractivity contribution in [3.05, 3.63) is 75.8 Å². The fourth-order valence-electron chi connectivity index (χ4n) is 2.31. The van der Waals surface area contributed by atoms with Crippen LogP contribution in [0.1, 0.15) is 5.89 Å². The minimum Gasteiger partial charge on any atom is -0.388 e. The molecule has 9 heteroatoms. The van der Waals surface area contributed by atoms with Crippen molar-refractivity contribution in [2.75, 3.05) is 0 Å². The quantitative estimate of drug-likeness (QED) is 0.545. The van der Waals surface area contributed by atoms with Gasteiger partial charge in [0, 0.05) is 16.1 Å². The van der Waals surface area contributed by atoms with Crippen LogP contribution in [-0.2, 0) is 6.54 Å². The molecule has 26 heavy (non-hydrogen) atoms. The summed E-state index contributed by atoms with van der Waals surface area (Å²) in [6.45, 7) is -0.0584. The second-order valence-electron chi connectivity index (χ2n) is 5.36. The summed E-state index contributed by atoms with van der Waals surface area (Å²) in [7, 11) is 0. The highest BCUT2D eigenvalue weighted by atomic mass is 35.5. The maximum atomic E-state index is 13.0. The van der Waals surface area contributed by atoms with E-state index < -0.39 is 11.6 Å². The Morgan fingerprint density at radius 3 is 2.69 bits per heavy atom. The average Bonchev–Trinajstić information content (AvgIpc) is 3.23. The highest BCUT2D eigenvalue weighted by Crippen LogP contribution is 2.20. The van der Waals surface area contributed by atoms with Gasteiger partial charge in [0.2, 0.25) is 17.6 Å². The number of nitrogens with zero attached hydrogens (tertiary/aromatic N) is 4. The van der Waals surface area contributed by atoms with Crippen LogP contribution in [0.4, 0.5) is 4.39 Å². The van der Waals surface area contributed by atoms with Crippen molar-refractivity contribution in [3.63, 3.8) is 0 Å². The van der Waals surface area contributed by atoms with Crippen molar-refractivity contribution in [2.24, 2.45) is 0 Å². The number of hydrogen-bond donors (Lipinski definition) is 0. The minimum absolute atomic E-state index is 0.0584. The Hall–Kier alpha value is -3.26. The van der Waals surface area contributed by atoms with E-state index in [-0.39, 0.29) is 18.3 Å². The lowest BCUT2D eigenvalue weighted by Gasteiger charge is -1.94. The van der Waals surface area contributed by atoms with Crippen LogP contribution in [0.25, 0.3) is 22.8 Å². The lowest BCUT2D eigenvalue weighted by atomic mass is 10.2. The third-order valence-electron chi connectivity index (χ3n) is 3.53. The van der Waals surface area contributed by atoms with Crippen molar-refractivity contribution in [2.45, 2.75) is 6.54 Å². The molecule has 2 aromatic heterocycles. The number of hydrogen-bond acceptors (Lipinski definition) is 6. The molecule has 4 rings (SSSR count). The van der Waals surface area contributed by atoms with E-state index >= 15 is 0 Å². The third kappa shape index (κ3) is 3.27. The van der Waals surface area contributed by atoms with Gasteiger partial charge in [-0.05, 0) is 36.4 Å². The smallest absolute Gasteiger partial charge is 0.388 e. The van der Waals surface area contributed by atoms with E-state index in [9.17, 15) is 9.18 Å². The number of halogens is 2. The second-order valence-corrected chi connectivity index (χ2v) is 5.80. The van der Waals surface area contributed by atoms with Crippen molar-refractivity contribution in [3.8, 4) is 22.8 Å². The summed E-state index contributed by atoms with van der Waals surface area (Å²) in [6.07, 6.45) is 0. The maximum absolute atomic E-state index is 13.0. The van der Waals surface area contributed by atoms with Gasteiger partial charge in [-0.15, -0.1) is 5.10 Å². The maximum Gasteiger partial charge on any atom is 0.437 e. The molecule has 0 saturated carbocycles. The van der Waals surface area contributed by atoms with Gasteiger partial charge < -0.3 is 8.94 Å². The van der Waals surface area contributed by atoms with Crippen LogP contribution in [0.2, 0.25) is 5.02 Å². The van der Waals surface area contributed by atoms with Crippen molar-refractivity contribution < 1.29 is 13.3 Å². The van der Waals surface area contributed by atoms with Crippen LogP contribution in [0.5, 0.6) is 0 Å². The minimum atomic E-state index is -0.688. The van der Waals surface area contributed by atoms with Crippen LogP contribution in [0.15, 0.2) is 62.3 Å². The summed E-state index contributed by atoms with van der Waals surface area (Å²) in [6, 6.07) is 12.4. The molecule has 0 aliphatic rings. The Bertz CT molecular complexity index is 1120. The SMILES string of the molecule is O=c1oc(-c2ccc(F)cc2)nn1Cc1nc(-c2cccc(Cl)c2)no1. The lowest BCUT2D eigenvalue weighted by molar-refractivity contribution is 0.360. The predicted octanol–water partition coefficient (Wildman–Crippen LogP) is 3.39. The van der Waals surface area contributed by atoms with Gasteiger partial charge in [-0.25, -0.2) is 9.18 Å². The van der Waals surface area contributed by atoms with Crippen molar-refractivity contribution in [1.82, 2.24) is 19.9 Å². The van der Waals surface area contributed by atoms with E-state index in [2.05, 4.69) is 15.2 Å². The van der Waals surface area contributed by atoms with E-state index in [4.69, 9.17) is 20.5 Å². The molecule has 0 bridgehead atoms. The summed E-state index contributed by atoms with van der Waals surface area (Å²) in [5, 5.41) is 8.48. The molecule has 0 saturated heterocycles. The van der Waals surface area contributed by atoms with E-state index in [1.54, 1.807) is 24.3 Å². The highest BCUT2D eigenvalue weighted by Gasteiger charge is 2.15. The Kier molecular flexibility index (Phi) is 4.10. The average molecular weight is 373 g/mol. The van der Waals surface area contributed by atoms with Crippen LogP contribution in [0.3, 0.4) is 0 Å². The zero-order chi connectivity index (χ0) is 18.1. The van der Waals surface area contributed by atoms with Crippen molar-refractivity contribution >= 4 is 11.6 Å². The summed E-state index contributed by atoms with van der Waals surface area (Å²) < 4.78 is 24.3. The lowest BCUT2D eigenvalue weighted by Crippen LogP contribution is -2.16. The van der Waals surface area contributed by atoms with E-state index in [1.807, 2.05) is 0 Å². The fraction of sp³-hybridized carbons (Fsp3) is 0.0588. The molecule has 0 aliphatic carbocycles. The zero-order valence-corrected chi connectivity index (χ0v) is 13.9. The first-order valence-electron chi connectivity index (χ1n) is 7.51. The van der Waals surface area contributed by atoms with Crippen LogP contribution in [-0.4, -0.2) is 19.9 Å². The van der Waals surface area contributed by atoms with Gasteiger partial charge in [0.1, 0.15) is 12.4 Å². The molecular weight excluding hydrogens is 363 g/mol. The van der Waals surface area contributed by atoms with Gasteiger partial charge in [-0.3, -0.25) is 0 Å². The normalized spacial score (nSPS) is 11.0. The molecule has 0 spiro atoms. The summed E-state index contributed by atoms with van der Waals surface area (Å²) in [5.74, 6) is -0.481. The zero-order valence-electron chi connectivity index (χ0n) is 13.1. The highest BCUT2D eigenvalue weighted by molar-refractivity contribution is 6.30. The molecule has 0 radical (unpaired) electrons. The van der Waals surface area contributed by atoms with Crippen LogP contribution < -0.4 is 5.76 Å². The molecule has 130 valence electrons. The van der Waals surface area contributed by atoms with E-state index in [0.717, 1.165) is 4.68 Å². The first-order chi connectivity index (χ1) is 12.6. The van der Waals surface area contributed by atoms with E-state index in [1.165, 1.54) is 24.3 Å². The Balaban J connectivity index is 1.58. The van der Waals surface area contributed by atoms with Gasteiger partial charge in [-0.2, -0.15) is 9.67 Å². The van der Waals surface area contributed by atoms with Gasteiger partial charge in [0.15, 0.2) is 0 Å². The molecule has 4 aromatic rings. The summed E-state index contributed by atoms with van der Waals surface area (Å²) in [5.41, 5.74) is 1.17. The predicted molar refractivity (Wildman–Crippen MR) is 90.0 cm³/mol. The van der Waals surface area contributed by atoms with Gasteiger partial charge in [-0.1, -0.05) is 28.9 Å². The number of aromatic nitrogens is 4. The fourth-order valence-corrected chi connectivity index (χ4v) is 2.50. The van der Waals surface area contributed by atoms with Gasteiger partial charge >= 0.3 is 5.76 Å². The second kappa shape index (κ2) is 6.57. The molecule has 0 aliphatic heterocycles. The van der Waals surface area contributed by atoms with Gasteiger partial charge in [0.25, 0.3) is 0 Å². The Morgan fingerprint density at radius 2 is 1.92 bits per heavy atom. The first kappa shape index (κ1) is 16.2. The summed E-state index contributed by atoms with van der Waals surface area (Å²) >= 11 is 5.95. The molecule has 0 N–H and O–H groups in total. The molecule has 0 fully saturated rings. The molecular formula is C17H10ClFN4O3. The number of benzene rings is 2.